The molecule has 0 spiro atoms. The van der Waals surface area contributed by atoms with Crippen LogP contribution in [0.15, 0.2) is 0 Å². The van der Waals surface area contributed by atoms with Crippen molar-refractivity contribution in [3.05, 3.63) is 0 Å². The van der Waals surface area contributed by atoms with E-state index in [9.17, 15) is 9.00 Å². The van der Waals surface area contributed by atoms with Crippen LogP contribution in [0.25, 0.3) is 0 Å². The van der Waals surface area contributed by atoms with Crippen molar-refractivity contribution in [2.24, 2.45) is 5.73 Å². The zero-order valence-electron chi connectivity index (χ0n) is 8.74. The van der Waals surface area contributed by atoms with Crippen molar-refractivity contribution in [3.63, 3.8) is 0 Å². The smallest absolute Gasteiger partial charge is 0.235 e. The molecule has 1 fully saturated rings. The highest BCUT2D eigenvalue weighted by Crippen LogP contribution is 2.29. The number of hydrogen-bond donors (Lipinski definition) is 2. The summed E-state index contributed by atoms with van der Waals surface area (Å²) in [5.41, 5.74) is 5.14. The maximum absolute atomic E-state index is 12.1. The molecule has 0 aromatic carbocycles. The SMILES string of the molecule is CC(C)(C)S(=N)(=O)N1CCC1C(N)=O. The lowest BCUT2D eigenvalue weighted by Gasteiger charge is -2.43. The quantitative estimate of drug-likeness (QED) is 0.700. The highest BCUT2D eigenvalue weighted by Gasteiger charge is 2.43. The Hall–Kier alpha value is -0.620. The summed E-state index contributed by atoms with van der Waals surface area (Å²) in [5, 5.41) is 0. The van der Waals surface area contributed by atoms with E-state index in [1.54, 1.807) is 20.8 Å². The molecule has 1 amide bonds. The topological polar surface area (TPSA) is 87.2 Å². The van der Waals surface area contributed by atoms with Crippen LogP contribution >= 0.6 is 0 Å². The molecule has 2 unspecified atom stereocenters. The van der Waals surface area contributed by atoms with E-state index in [1.807, 2.05) is 0 Å². The number of nitrogens with zero attached hydrogens (tertiary/aromatic N) is 1. The van der Waals surface area contributed by atoms with Crippen LogP contribution in [0, 0.1) is 4.78 Å². The Balaban J connectivity index is 2.92. The molecule has 2 atom stereocenters. The van der Waals surface area contributed by atoms with Crippen LogP contribution in [0.1, 0.15) is 27.2 Å². The second kappa shape index (κ2) is 3.20. The lowest BCUT2D eigenvalue weighted by Crippen LogP contribution is -2.60. The van der Waals surface area contributed by atoms with E-state index in [-0.39, 0.29) is 0 Å². The van der Waals surface area contributed by atoms with Crippen molar-refractivity contribution in [2.75, 3.05) is 6.54 Å². The summed E-state index contributed by atoms with van der Waals surface area (Å²) in [7, 11) is -2.90. The molecule has 1 heterocycles. The summed E-state index contributed by atoms with van der Waals surface area (Å²) in [4.78, 5) is 10.9. The van der Waals surface area contributed by atoms with Gasteiger partial charge in [-0.3, -0.25) is 4.79 Å². The molecule has 82 valence electrons. The van der Waals surface area contributed by atoms with Gasteiger partial charge in [0.2, 0.25) is 5.91 Å². The van der Waals surface area contributed by atoms with Gasteiger partial charge in [0.05, 0.1) is 4.75 Å². The zero-order chi connectivity index (χ0) is 11.1. The normalized spacial score (nSPS) is 27.8. The van der Waals surface area contributed by atoms with Gasteiger partial charge in [0.25, 0.3) is 0 Å². The number of carbonyl (C=O) groups is 1. The van der Waals surface area contributed by atoms with Gasteiger partial charge in [-0.1, -0.05) is 0 Å². The molecule has 1 rings (SSSR count). The van der Waals surface area contributed by atoms with Crippen LogP contribution in [0.3, 0.4) is 0 Å². The Bertz CT molecular complexity index is 342. The summed E-state index contributed by atoms with van der Waals surface area (Å²) < 4.78 is 20.7. The van der Waals surface area contributed by atoms with Gasteiger partial charge in [0, 0.05) is 6.54 Å². The summed E-state index contributed by atoms with van der Waals surface area (Å²) in [6, 6.07) is -0.515. The van der Waals surface area contributed by atoms with E-state index in [1.165, 1.54) is 4.31 Å². The van der Waals surface area contributed by atoms with E-state index in [0.29, 0.717) is 13.0 Å². The highest BCUT2D eigenvalue weighted by molar-refractivity contribution is 7.91. The van der Waals surface area contributed by atoms with Gasteiger partial charge in [-0.25, -0.2) is 13.3 Å². The summed E-state index contributed by atoms with van der Waals surface area (Å²) in [5.74, 6) is -0.486. The summed E-state index contributed by atoms with van der Waals surface area (Å²) in [6.45, 7) is 5.73. The average molecular weight is 219 g/mol. The van der Waals surface area contributed by atoms with E-state index < -0.39 is 26.6 Å². The fourth-order valence-electron chi connectivity index (χ4n) is 1.31. The molecule has 0 bridgehead atoms. The number of rotatable bonds is 2. The fraction of sp³-hybridized carbons (Fsp3) is 0.875. The minimum Gasteiger partial charge on any atom is -0.368 e. The van der Waals surface area contributed by atoms with Gasteiger partial charge in [0.15, 0.2) is 0 Å². The van der Waals surface area contributed by atoms with E-state index in [0.717, 1.165) is 0 Å². The van der Waals surface area contributed by atoms with Gasteiger partial charge in [0.1, 0.15) is 16.0 Å². The van der Waals surface area contributed by atoms with E-state index in [4.69, 9.17) is 10.5 Å². The monoisotopic (exact) mass is 219 g/mol. The number of primary amides is 1. The minimum absolute atomic E-state index is 0.486. The molecule has 0 aromatic rings. The third kappa shape index (κ3) is 1.64. The summed E-state index contributed by atoms with van der Waals surface area (Å²) >= 11 is 0. The molecule has 3 N–H and O–H groups in total. The van der Waals surface area contributed by atoms with Crippen molar-refractivity contribution in [1.82, 2.24) is 4.31 Å². The molecule has 0 aromatic heterocycles. The third-order valence-corrected chi connectivity index (χ3v) is 5.22. The van der Waals surface area contributed by atoms with E-state index >= 15 is 0 Å². The number of hydrogen-bond acceptors (Lipinski definition) is 3. The van der Waals surface area contributed by atoms with Crippen LogP contribution < -0.4 is 5.73 Å². The molecule has 5 nitrogen and oxygen atoms in total. The first kappa shape index (κ1) is 11.5. The molecule has 14 heavy (non-hydrogen) atoms. The number of nitrogens with two attached hydrogens (primary N) is 1. The Labute approximate surface area is 84.8 Å². The maximum atomic E-state index is 12.1. The van der Waals surface area contributed by atoms with Crippen molar-refractivity contribution < 1.29 is 9.00 Å². The molecule has 1 saturated heterocycles. The lowest BCUT2D eigenvalue weighted by atomic mass is 10.1. The van der Waals surface area contributed by atoms with Gasteiger partial charge in [-0.05, 0) is 27.2 Å². The molecule has 0 aliphatic carbocycles. The summed E-state index contributed by atoms with van der Waals surface area (Å²) in [6.07, 6.45) is 0.612. The first-order valence-electron chi connectivity index (χ1n) is 4.52. The lowest BCUT2D eigenvalue weighted by molar-refractivity contribution is -0.124. The molecular weight excluding hydrogens is 202 g/mol. The first-order valence-corrected chi connectivity index (χ1v) is 6.04. The molecule has 0 radical (unpaired) electrons. The highest BCUT2D eigenvalue weighted by atomic mass is 32.2. The molecular formula is C8H17N3O2S. The maximum Gasteiger partial charge on any atom is 0.235 e. The van der Waals surface area contributed by atoms with Crippen LogP contribution in [-0.4, -0.2) is 31.8 Å². The first-order chi connectivity index (χ1) is 6.18. The van der Waals surface area contributed by atoms with Crippen molar-refractivity contribution in [2.45, 2.75) is 38.0 Å². The van der Waals surface area contributed by atoms with Gasteiger partial charge in [-0.2, -0.15) is 0 Å². The molecule has 6 heteroatoms. The average Bonchev–Trinajstić information content (AvgIpc) is 1.77. The van der Waals surface area contributed by atoms with Crippen LogP contribution in [-0.2, 0) is 14.7 Å². The second-order valence-electron chi connectivity index (χ2n) is 4.49. The Morgan fingerprint density at radius 2 is 2.07 bits per heavy atom. The second-order valence-corrected chi connectivity index (χ2v) is 7.23. The Kier molecular flexibility index (Phi) is 2.62. The van der Waals surface area contributed by atoms with Crippen LogP contribution in [0.2, 0.25) is 0 Å². The minimum atomic E-state index is -2.90. The number of amides is 1. The van der Waals surface area contributed by atoms with Crippen molar-refractivity contribution in [1.29, 1.82) is 4.78 Å². The van der Waals surface area contributed by atoms with Crippen molar-refractivity contribution >= 4 is 15.8 Å². The molecule has 1 aliphatic heterocycles. The Morgan fingerprint density at radius 1 is 1.57 bits per heavy atom. The zero-order valence-corrected chi connectivity index (χ0v) is 9.56. The molecule has 0 saturated carbocycles. The number of carbonyl (C=O) groups excluding carboxylic acids is 1. The van der Waals surface area contributed by atoms with Gasteiger partial charge >= 0.3 is 0 Å². The van der Waals surface area contributed by atoms with Crippen LogP contribution in [0.5, 0.6) is 0 Å². The predicted octanol–water partition coefficient (Wildman–Crippen LogP) is 0.306. The van der Waals surface area contributed by atoms with Gasteiger partial charge < -0.3 is 5.73 Å². The van der Waals surface area contributed by atoms with Gasteiger partial charge in [-0.15, -0.1) is 0 Å². The number of nitrogens with one attached hydrogen (secondary N) is 1. The van der Waals surface area contributed by atoms with E-state index in [2.05, 4.69) is 0 Å². The predicted molar refractivity (Wildman–Crippen MR) is 54.9 cm³/mol. The van der Waals surface area contributed by atoms with Crippen LogP contribution in [0.4, 0.5) is 0 Å². The molecule has 1 aliphatic rings. The standard InChI is InChI=1S/C8H17N3O2S/c1-8(2,3)14(10,13)11-5-4-6(11)7(9)12/h6,10H,4-5H2,1-3H3,(H2,9,12). The fourth-order valence-corrected chi connectivity index (χ4v) is 2.94. The third-order valence-electron chi connectivity index (χ3n) is 2.46. The Morgan fingerprint density at radius 3 is 2.29 bits per heavy atom. The largest absolute Gasteiger partial charge is 0.368 e. The van der Waals surface area contributed by atoms with Crippen molar-refractivity contribution in [3.8, 4) is 0 Å².